The summed E-state index contributed by atoms with van der Waals surface area (Å²) in [6.07, 6.45) is -0.465. The van der Waals surface area contributed by atoms with E-state index in [1.807, 2.05) is 0 Å². The van der Waals surface area contributed by atoms with Crippen molar-refractivity contribution in [3.63, 3.8) is 0 Å². The van der Waals surface area contributed by atoms with Gasteiger partial charge in [-0.1, -0.05) is 24.3 Å². The fraction of sp³-hybridized carbons (Fsp3) is 0.200. The zero-order valence-corrected chi connectivity index (χ0v) is 20.2. The zero-order chi connectivity index (χ0) is 26.2. The van der Waals surface area contributed by atoms with E-state index in [2.05, 4.69) is 4.72 Å². The Balaban J connectivity index is 1.69. The SMILES string of the molecule is C[C@H]1CN(C(=O)O)c2cc(-c3ccc(NS(C)(=O)=O)cc3)ccc2N1C(=O)Cc1ccc(F)cc1F. The van der Waals surface area contributed by atoms with Crippen LogP contribution in [0, 0.1) is 11.6 Å². The normalized spacial score (nSPS) is 15.4. The molecule has 1 atom stereocenters. The minimum atomic E-state index is -3.43. The average Bonchev–Trinajstić information content (AvgIpc) is 2.79. The molecule has 0 bridgehead atoms. The monoisotopic (exact) mass is 515 g/mol. The highest BCUT2D eigenvalue weighted by Crippen LogP contribution is 2.39. The van der Waals surface area contributed by atoms with Crippen LogP contribution in [0.4, 0.5) is 30.6 Å². The number of carboxylic acid groups (broad SMARTS) is 1. The molecule has 1 aliphatic rings. The third-order valence-corrected chi connectivity index (χ3v) is 6.40. The van der Waals surface area contributed by atoms with Gasteiger partial charge in [-0.3, -0.25) is 14.4 Å². The summed E-state index contributed by atoms with van der Waals surface area (Å²) in [5, 5.41) is 9.80. The highest BCUT2D eigenvalue weighted by Gasteiger charge is 2.35. The summed E-state index contributed by atoms with van der Waals surface area (Å²) in [4.78, 5) is 27.8. The number of carbonyl (C=O) groups is 2. The molecule has 2 amide bonds. The van der Waals surface area contributed by atoms with E-state index in [4.69, 9.17) is 0 Å². The molecule has 0 fully saturated rings. The van der Waals surface area contributed by atoms with Crippen LogP contribution in [-0.2, 0) is 21.2 Å². The molecule has 11 heteroatoms. The molecule has 3 aromatic rings. The summed E-state index contributed by atoms with van der Waals surface area (Å²) in [5.41, 5.74) is 2.40. The first-order valence-corrected chi connectivity index (χ1v) is 12.8. The van der Waals surface area contributed by atoms with Crippen molar-refractivity contribution < 1.29 is 31.9 Å². The van der Waals surface area contributed by atoms with Gasteiger partial charge in [-0.05, 0) is 53.9 Å². The Kier molecular flexibility index (Phi) is 6.68. The lowest BCUT2D eigenvalue weighted by atomic mass is 10.00. The maximum Gasteiger partial charge on any atom is 0.411 e. The van der Waals surface area contributed by atoms with Crippen LogP contribution in [-0.4, -0.2) is 44.4 Å². The Bertz CT molecular complexity index is 1440. The molecule has 0 aliphatic carbocycles. The van der Waals surface area contributed by atoms with Crippen LogP contribution in [0.3, 0.4) is 0 Å². The van der Waals surface area contributed by atoms with Crippen LogP contribution in [0.2, 0.25) is 0 Å². The molecule has 0 unspecified atom stereocenters. The second-order valence-electron chi connectivity index (χ2n) is 8.57. The van der Waals surface area contributed by atoms with E-state index in [1.165, 1.54) is 11.0 Å². The predicted molar refractivity (Wildman–Crippen MR) is 133 cm³/mol. The van der Waals surface area contributed by atoms with Crippen molar-refractivity contribution in [2.45, 2.75) is 19.4 Å². The molecule has 4 rings (SSSR count). The van der Waals surface area contributed by atoms with Crippen molar-refractivity contribution in [3.8, 4) is 11.1 Å². The molecule has 8 nitrogen and oxygen atoms in total. The summed E-state index contributed by atoms with van der Waals surface area (Å²) < 4.78 is 52.7. The Hall–Kier alpha value is -3.99. The molecule has 36 heavy (non-hydrogen) atoms. The van der Waals surface area contributed by atoms with Gasteiger partial charge >= 0.3 is 6.09 Å². The van der Waals surface area contributed by atoms with Gasteiger partial charge in [-0.25, -0.2) is 22.0 Å². The summed E-state index contributed by atoms with van der Waals surface area (Å²) in [7, 11) is -3.43. The van der Waals surface area contributed by atoms with E-state index >= 15 is 0 Å². The molecular weight excluding hydrogens is 492 g/mol. The fourth-order valence-electron chi connectivity index (χ4n) is 4.22. The molecule has 0 spiro atoms. The molecule has 0 saturated carbocycles. The lowest BCUT2D eigenvalue weighted by Crippen LogP contribution is -2.52. The van der Waals surface area contributed by atoms with Gasteiger partial charge in [0.05, 0.1) is 30.1 Å². The number of hydrogen-bond acceptors (Lipinski definition) is 4. The van der Waals surface area contributed by atoms with E-state index < -0.39 is 39.7 Å². The lowest BCUT2D eigenvalue weighted by molar-refractivity contribution is -0.118. The minimum absolute atomic E-state index is 0.000639. The van der Waals surface area contributed by atoms with Gasteiger partial charge in [0.15, 0.2) is 0 Å². The molecule has 0 aromatic heterocycles. The van der Waals surface area contributed by atoms with Gasteiger partial charge in [-0.15, -0.1) is 0 Å². The van der Waals surface area contributed by atoms with Gasteiger partial charge in [-0.2, -0.15) is 0 Å². The fourth-order valence-corrected chi connectivity index (χ4v) is 4.79. The lowest BCUT2D eigenvalue weighted by Gasteiger charge is -2.40. The number of halogens is 2. The molecule has 3 aromatic carbocycles. The molecule has 1 heterocycles. The van der Waals surface area contributed by atoms with Crippen LogP contribution in [0.25, 0.3) is 11.1 Å². The highest BCUT2D eigenvalue weighted by molar-refractivity contribution is 7.92. The third-order valence-electron chi connectivity index (χ3n) is 5.79. The number of nitrogens with one attached hydrogen (secondary N) is 1. The van der Waals surface area contributed by atoms with Crippen LogP contribution in [0.15, 0.2) is 60.7 Å². The number of anilines is 3. The third kappa shape index (κ3) is 5.30. The van der Waals surface area contributed by atoms with Crippen molar-refractivity contribution in [2.24, 2.45) is 0 Å². The summed E-state index contributed by atoms with van der Waals surface area (Å²) >= 11 is 0. The summed E-state index contributed by atoms with van der Waals surface area (Å²) in [6.45, 7) is 1.69. The largest absolute Gasteiger partial charge is 0.465 e. The first kappa shape index (κ1) is 25.1. The summed E-state index contributed by atoms with van der Waals surface area (Å²) in [5.74, 6) is -2.03. The van der Waals surface area contributed by atoms with Gasteiger partial charge in [0.25, 0.3) is 0 Å². The number of fused-ring (bicyclic) bond motifs is 1. The number of benzene rings is 3. The maximum atomic E-state index is 14.2. The first-order chi connectivity index (χ1) is 16.9. The Morgan fingerprint density at radius 1 is 1.00 bits per heavy atom. The molecule has 188 valence electrons. The number of nitrogens with zero attached hydrogens (tertiary/aromatic N) is 2. The van der Waals surface area contributed by atoms with E-state index in [1.54, 1.807) is 49.4 Å². The van der Waals surface area contributed by atoms with Crippen LogP contribution >= 0.6 is 0 Å². The van der Waals surface area contributed by atoms with Gasteiger partial charge in [0.1, 0.15) is 11.6 Å². The number of amides is 2. The quantitative estimate of drug-likeness (QED) is 0.522. The Morgan fingerprint density at radius 3 is 2.28 bits per heavy atom. The first-order valence-electron chi connectivity index (χ1n) is 10.9. The number of rotatable bonds is 5. The van der Waals surface area contributed by atoms with Crippen molar-refractivity contribution >= 4 is 39.1 Å². The summed E-state index contributed by atoms with van der Waals surface area (Å²) in [6, 6.07) is 14.0. The van der Waals surface area contributed by atoms with Crippen molar-refractivity contribution in [1.29, 1.82) is 0 Å². The predicted octanol–water partition coefficient (Wildman–Crippen LogP) is 4.47. The second kappa shape index (κ2) is 9.57. The maximum absolute atomic E-state index is 14.2. The van der Waals surface area contributed by atoms with Gasteiger partial charge in [0.2, 0.25) is 15.9 Å². The molecule has 2 N–H and O–H groups in total. The minimum Gasteiger partial charge on any atom is -0.465 e. The van der Waals surface area contributed by atoms with Crippen molar-refractivity contribution in [2.75, 3.05) is 27.3 Å². The van der Waals surface area contributed by atoms with Crippen LogP contribution in [0.5, 0.6) is 0 Å². The van der Waals surface area contributed by atoms with E-state index in [9.17, 15) is 31.9 Å². The average molecular weight is 516 g/mol. The standard InChI is InChI=1S/C25H23F2N3O5S/c1-15-14-29(25(32)33)23-11-17(16-4-8-20(9-5-16)28-36(2,34)35)6-10-22(23)30(15)24(31)12-18-3-7-19(26)13-21(18)27/h3-11,13,15,28H,12,14H2,1-2H3,(H,32,33)/t15-/m0/s1. The number of sulfonamides is 1. The van der Waals surface area contributed by atoms with Crippen LogP contribution in [0.1, 0.15) is 12.5 Å². The van der Waals surface area contributed by atoms with E-state index in [0.29, 0.717) is 28.6 Å². The molecule has 0 saturated heterocycles. The topological polar surface area (TPSA) is 107 Å². The molecule has 0 radical (unpaired) electrons. The van der Waals surface area contributed by atoms with E-state index in [-0.39, 0.29) is 24.2 Å². The smallest absolute Gasteiger partial charge is 0.411 e. The van der Waals surface area contributed by atoms with Crippen LogP contribution < -0.4 is 14.5 Å². The van der Waals surface area contributed by atoms with E-state index in [0.717, 1.165) is 17.2 Å². The number of hydrogen-bond donors (Lipinski definition) is 2. The van der Waals surface area contributed by atoms with Gasteiger partial charge < -0.3 is 10.0 Å². The zero-order valence-electron chi connectivity index (χ0n) is 19.4. The Morgan fingerprint density at radius 2 is 1.67 bits per heavy atom. The molecule has 1 aliphatic heterocycles. The second-order valence-corrected chi connectivity index (χ2v) is 10.3. The van der Waals surface area contributed by atoms with Crippen molar-refractivity contribution in [3.05, 3.63) is 77.9 Å². The van der Waals surface area contributed by atoms with Crippen molar-refractivity contribution in [1.82, 2.24) is 0 Å². The Labute approximate surface area is 206 Å². The highest BCUT2D eigenvalue weighted by atomic mass is 32.2. The van der Waals surface area contributed by atoms with Gasteiger partial charge in [0, 0.05) is 18.3 Å². The number of carbonyl (C=O) groups excluding carboxylic acids is 1. The molecular formula is C25H23F2N3O5S.